The Morgan fingerprint density at radius 1 is 0.786 bits per heavy atom. The Bertz CT molecular complexity index is 280. The van der Waals surface area contributed by atoms with E-state index in [9.17, 15) is 0 Å². The Hall–Kier alpha value is -0.0800. The highest BCUT2D eigenvalue weighted by atomic mass is 16.5. The first kappa shape index (κ1) is 32.6. The van der Waals surface area contributed by atoms with Crippen molar-refractivity contribution in [3.63, 3.8) is 0 Å². The van der Waals surface area contributed by atoms with Crippen LogP contribution in [0.3, 0.4) is 0 Å². The van der Waals surface area contributed by atoms with E-state index in [-0.39, 0.29) is 5.41 Å². The normalized spacial score (nSPS) is 13.5. The predicted molar refractivity (Wildman–Crippen MR) is 129 cm³/mol. The highest BCUT2D eigenvalue weighted by Gasteiger charge is 2.35. The minimum atomic E-state index is 0.179. The van der Waals surface area contributed by atoms with Crippen LogP contribution >= 0.6 is 0 Å². The van der Waals surface area contributed by atoms with E-state index in [0.717, 1.165) is 25.0 Å². The van der Waals surface area contributed by atoms with E-state index in [0.29, 0.717) is 5.92 Å². The Morgan fingerprint density at radius 3 is 1.54 bits per heavy atom. The van der Waals surface area contributed by atoms with Crippen molar-refractivity contribution in [3.8, 4) is 0 Å². The van der Waals surface area contributed by atoms with Gasteiger partial charge in [-0.25, -0.2) is 0 Å². The van der Waals surface area contributed by atoms with Crippen molar-refractivity contribution in [2.45, 2.75) is 114 Å². The minimum absolute atomic E-state index is 0.179. The second kappa shape index (κ2) is 21.6. The number of ether oxygens (including phenoxy) is 2. The van der Waals surface area contributed by atoms with Crippen LogP contribution in [0.25, 0.3) is 0 Å². The van der Waals surface area contributed by atoms with Crippen molar-refractivity contribution in [1.82, 2.24) is 0 Å². The molecule has 28 heavy (non-hydrogen) atoms. The lowest BCUT2D eigenvalue weighted by molar-refractivity contribution is -0.0355. The van der Waals surface area contributed by atoms with Gasteiger partial charge in [-0.05, 0) is 36.5 Å². The van der Waals surface area contributed by atoms with Gasteiger partial charge in [-0.3, -0.25) is 0 Å². The van der Waals surface area contributed by atoms with Crippen LogP contribution in [0.4, 0.5) is 0 Å². The molecule has 0 spiro atoms. The molecule has 0 aromatic rings. The van der Waals surface area contributed by atoms with Gasteiger partial charge < -0.3 is 9.47 Å². The molecule has 0 N–H and O–H groups in total. The number of rotatable bonds is 13. The average molecular weight is 402 g/mol. The molecule has 0 aliphatic carbocycles. The molecule has 0 saturated heterocycles. The van der Waals surface area contributed by atoms with E-state index in [1.807, 2.05) is 0 Å². The highest BCUT2D eigenvalue weighted by molar-refractivity contribution is 4.84. The van der Waals surface area contributed by atoms with E-state index in [4.69, 9.17) is 9.47 Å². The number of methoxy groups -OCH3 is 2. The molecule has 2 nitrogen and oxygen atoms in total. The summed E-state index contributed by atoms with van der Waals surface area (Å²) >= 11 is 0. The summed E-state index contributed by atoms with van der Waals surface area (Å²) in [7, 11) is 3.58. The van der Waals surface area contributed by atoms with Crippen molar-refractivity contribution in [3.05, 3.63) is 5.92 Å². The number of hydrogen-bond donors (Lipinski definition) is 0. The quantitative estimate of drug-likeness (QED) is 0.307. The predicted octanol–water partition coefficient (Wildman–Crippen LogP) is 8.59. The molecule has 1 radical (unpaired) electrons. The van der Waals surface area contributed by atoms with Gasteiger partial charge in [0.05, 0.1) is 13.2 Å². The monoisotopic (exact) mass is 401 g/mol. The first-order valence-electron chi connectivity index (χ1n) is 11.9. The van der Waals surface area contributed by atoms with Gasteiger partial charge in [-0.15, -0.1) is 0 Å². The standard InChI is InChI=1S/C14H30O2.C9H19.C3H8/c1-7-8-13(4)9-14(10-15-5,11-16-6)12(2)3;1-5-9(4)7-6-8(2)3;1-3-2/h12-13H,7-11H2,1-6H3;9H,5-7H2,1-4H3;3H2,1-2H3. The first-order chi connectivity index (χ1) is 13.1. The van der Waals surface area contributed by atoms with Crippen molar-refractivity contribution in [1.29, 1.82) is 0 Å². The van der Waals surface area contributed by atoms with E-state index in [2.05, 4.69) is 69.2 Å². The SMILES string of the molecule is CCC.CCC(C)CC[C](C)C.CCCC(C)CC(COC)(COC)C(C)C. The molecule has 2 atom stereocenters. The third-order valence-electron chi connectivity index (χ3n) is 5.46. The van der Waals surface area contributed by atoms with Gasteiger partial charge in [0.2, 0.25) is 0 Å². The molecule has 0 aliphatic rings. The van der Waals surface area contributed by atoms with Crippen LogP contribution in [0.5, 0.6) is 0 Å². The van der Waals surface area contributed by atoms with Gasteiger partial charge in [0.15, 0.2) is 0 Å². The highest BCUT2D eigenvalue weighted by Crippen LogP contribution is 2.36. The molecule has 2 unspecified atom stereocenters. The van der Waals surface area contributed by atoms with Gasteiger partial charge in [-0.2, -0.15) is 0 Å². The lowest BCUT2D eigenvalue weighted by atomic mass is 9.72. The Balaban J connectivity index is -0.000000438. The van der Waals surface area contributed by atoms with Crippen LogP contribution in [-0.4, -0.2) is 27.4 Å². The van der Waals surface area contributed by atoms with Gasteiger partial charge in [0.1, 0.15) is 0 Å². The summed E-state index contributed by atoms with van der Waals surface area (Å²) in [5, 5.41) is 0. The molecule has 0 amide bonds. The van der Waals surface area contributed by atoms with Gasteiger partial charge >= 0.3 is 0 Å². The smallest absolute Gasteiger partial charge is 0.0543 e. The Morgan fingerprint density at radius 2 is 1.25 bits per heavy atom. The maximum Gasteiger partial charge on any atom is 0.0543 e. The molecule has 0 bridgehead atoms. The fraction of sp³-hybridized carbons (Fsp3) is 0.962. The van der Waals surface area contributed by atoms with E-state index < -0.39 is 0 Å². The van der Waals surface area contributed by atoms with E-state index in [1.165, 1.54) is 44.9 Å². The van der Waals surface area contributed by atoms with Crippen LogP contribution in [-0.2, 0) is 9.47 Å². The van der Waals surface area contributed by atoms with Crippen LogP contribution in [0, 0.1) is 29.1 Å². The summed E-state index contributed by atoms with van der Waals surface area (Å²) in [6, 6.07) is 0. The zero-order chi connectivity index (χ0) is 22.6. The third-order valence-corrected chi connectivity index (χ3v) is 5.46. The molecule has 0 aromatic carbocycles. The van der Waals surface area contributed by atoms with Crippen molar-refractivity contribution in [2.24, 2.45) is 23.2 Å². The molecule has 0 aliphatic heterocycles. The average Bonchev–Trinajstić information content (AvgIpc) is 2.61. The molecule has 0 fully saturated rings. The molecule has 0 heterocycles. The fourth-order valence-electron chi connectivity index (χ4n) is 3.33. The van der Waals surface area contributed by atoms with Crippen molar-refractivity contribution >= 4 is 0 Å². The first-order valence-corrected chi connectivity index (χ1v) is 11.9. The summed E-state index contributed by atoms with van der Waals surface area (Å²) < 4.78 is 10.8. The summed E-state index contributed by atoms with van der Waals surface area (Å²) in [6.07, 6.45) is 9.01. The second-order valence-corrected chi connectivity index (χ2v) is 9.45. The van der Waals surface area contributed by atoms with Gasteiger partial charge in [0.25, 0.3) is 0 Å². The fourth-order valence-corrected chi connectivity index (χ4v) is 3.33. The van der Waals surface area contributed by atoms with Crippen molar-refractivity contribution < 1.29 is 9.47 Å². The lowest BCUT2D eigenvalue weighted by Gasteiger charge is -2.38. The van der Waals surface area contributed by atoms with Crippen LogP contribution in [0.2, 0.25) is 0 Å². The zero-order valence-corrected chi connectivity index (χ0v) is 21.9. The molecule has 0 rings (SSSR count). The summed E-state index contributed by atoms with van der Waals surface area (Å²) in [4.78, 5) is 0. The van der Waals surface area contributed by atoms with Crippen LogP contribution in [0.15, 0.2) is 0 Å². The summed E-state index contributed by atoms with van der Waals surface area (Å²) in [5.74, 6) is 3.82. The third kappa shape index (κ3) is 19.2. The number of hydrogen-bond acceptors (Lipinski definition) is 2. The molecule has 0 aromatic heterocycles. The minimum Gasteiger partial charge on any atom is -0.384 e. The van der Waals surface area contributed by atoms with Crippen LogP contribution < -0.4 is 0 Å². The molecule has 0 saturated carbocycles. The zero-order valence-electron chi connectivity index (χ0n) is 21.9. The van der Waals surface area contributed by atoms with Gasteiger partial charge in [0, 0.05) is 19.6 Å². The van der Waals surface area contributed by atoms with Crippen molar-refractivity contribution in [2.75, 3.05) is 27.4 Å². The summed E-state index contributed by atoms with van der Waals surface area (Å²) in [6.45, 7) is 24.0. The molecular weight excluding hydrogens is 344 g/mol. The maximum atomic E-state index is 5.42. The lowest BCUT2D eigenvalue weighted by Crippen LogP contribution is -2.38. The molecule has 173 valence electrons. The van der Waals surface area contributed by atoms with Gasteiger partial charge in [-0.1, -0.05) is 101 Å². The summed E-state index contributed by atoms with van der Waals surface area (Å²) in [5.41, 5.74) is 0.179. The van der Waals surface area contributed by atoms with E-state index >= 15 is 0 Å². The maximum absolute atomic E-state index is 5.42. The van der Waals surface area contributed by atoms with E-state index in [1.54, 1.807) is 20.1 Å². The largest absolute Gasteiger partial charge is 0.384 e. The van der Waals surface area contributed by atoms with Crippen LogP contribution in [0.1, 0.15) is 114 Å². The Kier molecular flexibility index (Phi) is 25.2. The topological polar surface area (TPSA) is 18.5 Å². The molecular formula is C26H57O2. The molecule has 2 heteroatoms. The Labute approximate surface area is 180 Å². The second-order valence-electron chi connectivity index (χ2n) is 9.45.